The maximum absolute atomic E-state index is 13.7. The smallest absolute Gasteiger partial charge is 0.150 e. The first-order valence-corrected chi connectivity index (χ1v) is 6.33. The number of rotatable bonds is 4. The third kappa shape index (κ3) is 2.54. The summed E-state index contributed by atoms with van der Waals surface area (Å²) in [5, 5.41) is 8.10. The third-order valence-corrected chi connectivity index (χ3v) is 3.19. The third-order valence-electron chi connectivity index (χ3n) is 2.95. The average molecular weight is 266 g/mol. The molecule has 1 fully saturated rings. The van der Waals surface area contributed by atoms with Crippen LogP contribution in [0.25, 0.3) is 5.69 Å². The van der Waals surface area contributed by atoms with Crippen molar-refractivity contribution >= 4 is 11.6 Å². The van der Waals surface area contributed by atoms with Crippen LogP contribution in [-0.2, 0) is 6.54 Å². The zero-order valence-electron chi connectivity index (χ0n) is 9.74. The highest BCUT2D eigenvalue weighted by Crippen LogP contribution is 2.20. The van der Waals surface area contributed by atoms with Gasteiger partial charge < -0.3 is 5.32 Å². The van der Waals surface area contributed by atoms with E-state index in [1.165, 1.54) is 23.6 Å². The Morgan fingerprint density at radius 2 is 2.22 bits per heavy atom. The van der Waals surface area contributed by atoms with Crippen LogP contribution in [0.5, 0.6) is 0 Å². The summed E-state index contributed by atoms with van der Waals surface area (Å²) in [5.74, 6) is -0.368. The minimum Gasteiger partial charge on any atom is -0.308 e. The molecule has 94 valence electrons. The molecule has 1 N–H and O–H groups in total. The van der Waals surface area contributed by atoms with Crippen LogP contribution in [0.3, 0.4) is 0 Å². The second-order valence-electron chi connectivity index (χ2n) is 4.50. The lowest BCUT2D eigenvalue weighted by Gasteiger charge is -2.03. The molecule has 0 atom stereocenters. The van der Waals surface area contributed by atoms with E-state index in [4.69, 9.17) is 11.6 Å². The van der Waals surface area contributed by atoms with Crippen molar-refractivity contribution in [3.63, 3.8) is 0 Å². The van der Waals surface area contributed by atoms with Crippen molar-refractivity contribution < 1.29 is 4.39 Å². The molecule has 0 saturated heterocycles. The van der Waals surface area contributed by atoms with Crippen LogP contribution >= 0.6 is 11.6 Å². The van der Waals surface area contributed by atoms with Crippen LogP contribution < -0.4 is 5.32 Å². The van der Waals surface area contributed by atoms with Crippen LogP contribution in [0.2, 0.25) is 5.02 Å². The van der Waals surface area contributed by atoms with Crippen LogP contribution in [-0.4, -0.2) is 15.8 Å². The zero-order valence-corrected chi connectivity index (χ0v) is 10.5. The number of nitrogens with one attached hydrogen (secondary N) is 1. The first-order valence-electron chi connectivity index (χ1n) is 5.96. The van der Waals surface area contributed by atoms with Gasteiger partial charge in [-0.05, 0) is 37.1 Å². The summed E-state index contributed by atoms with van der Waals surface area (Å²) in [7, 11) is 0. The average Bonchev–Trinajstić information content (AvgIpc) is 3.05. The van der Waals surface area contributed by atoms with Gasteiger partial charge in [0, 0.05) is 23.8 Å². The SMILES string of the molecule is Fc1cc(Cl)ccc1-n1ccc(CNC2CC2)n1. The van der Waals surface area contributed by atoms with E-state index in [-0.39, 0.29) is 5.82 Å². The Bertz CT molecular complexity index is 563. The molecule has 1 saturated carbocycles. The molecule has 3 rings (SSSR count). The fourth-order valence-electron chi connectivity index (χ4n) is 1.79. The summed E-state index contributed by atoms with van der Waals surface area (Å²) in [4.78, 5) is 0. The molecule has 1 aliphatic rings. The summed E-state index contributed by atoms with van der Waals surface area (Å²) >= 11 is 5.72. The Labute approximate surface area is 110 Å². The van der Waals surface area contributed by atoms with Crippen molar-refractivity contribution in [3.05, 3.63) is 47.0 Å². The molecular weight excluding hydrogens is 253 g/mol. The lowest BCUT2D eigenvalue weighted by molar-refractivity contribution is 0.606. The van der Waals surface area contributed by atoms with E-state index in [2.05, 4.69) is 10.4 Å². The van der Waals surface area contributed by atoms with Crippen LogP contribution in [0, 0.1) is 5.82 Å². The van der Waals surface area contributed by atoms with E-state index in [9.17, 15) is 4.39 Å². The molecule has 0 radical (unpaired) electrons. The van der Waals surface area contributed by atoms with Gasteiger partial charge >= 0.3 is 0 Å². The summed E-state index contributed by atoms with van der Waals surface area (Å²) in [6, 6.07) is 7.11. The molecule has 0 aliphatic heterocycles. The summed E-state index contributed by atoms with van der Waals surface area (Å²) in [6.07, 6.45) is 4.25. The van der Waals surface area contributed by atoms with Crippen molar-refractivity contribution in [2.45, 2.75) is 25.4 Å². The summed E-state index contributed by atoms with van der Waals surface area (Å²) < 4.78 is 15.2. The van der Waals surface area contributed by atoms with Gasteiger partial charge in [0.15, 0.2) is 0 Å². The Balaban J connectivity index is 1.78. The zero-order chi connectivity index (χ0) is 12.5. The molecule has 0 spiro atoms. The van der Waals surface area contributed by atoms with Crippen molar-refractivity contribution in [1.29, 1.82) is 0 Å². The highest BCUT2D eigenvalue weighted by molar-refractivity contribution is 6.30. The van der Waals surface area contributed by atoms with E-state index >= 15 is 0 Å². The Morgan fingerprint density at radius 3 is 2.94 bits per heavy atom. The van der Waals surface area contributed by atoms with Crippen LogP contribution in [0.1, 0.15) is 18.5 Å². The van der Waals surface area contributed by atoms with Crippen molar-refractivity contribution in [2.24, 2.45) is 0 Å². The maximum atomic E-state index is 13.7. The second-order valence-corrected chi connectivity index (χ2v) is 4.94. The van der Waals surface area contributed by atoms with E-state index in [1.807, 2.05) is 6.07 Å². The molecule has 0 amide bonds. The highest BCUT2D eigenvalue weighted by atomic mass is 35.5. The second kappa shape index (κ2) is 4.71. The highest BCUT2D eigenvalue weighted by Gasteiger charge is 2.20. The van der Waals surface area contributed by atoms with Gasteiger partial charge in [-0.3, -0.25) is 0 Å². The fourth-order valence-corrected chi connectivity index (χ4v) is 1.95. The topological polar surface area (TPSA) is 29.9 Å². The fraction of sp³-hybridized carbons (Fsp3) is 0.308. The number of aromatic nitrogens is 2. The molecule has 0 bridgehead atoms. The van der Waals surface area contributed by atoms with Crippen molar-refractivity contribution in [3.8, 4) is 5.69 Å². The molecule has 18 heavy (non-hydrogen) atoms. The number of benzene rings is 1. The van der Waals surface area contributed by atoms with E-state index in [0.29, 0.717) is 16.8 Å². The van der Waals surface area contributed by atoms with E-state index < -0.39 is 0 Å². The van der Waals surface area contributed by atoms with Gasteiger partial charge in [0.05, 0.1) is 5.69 Å². The normalized spacial score (nSPS) is 15.0. The molecule has 2 aromatic rings. The molecule has 3 nitrogen and oxygen atoms in total. The Morgan fingerprint density at radius 1 is 1.39 bits per heavy atom. The quantitative estimate of drug-likeness (QED) is 0.921. The predicted octanol–water partition coefficient (Wildman–Crippen LogP) is 2.92. The van der Waals surface area contributed by atoms with Crippen molar-refractivity contribution in [2.75, 3.05) is 0 Å². The standard InChI is InChI=1S/C13H13ClFN3/c14-9-1-4-13(12(15)7-9)18-6-5-11(17-18)8-16-10-2-3-10/h1,4-7,10,16H,2-3,8H2. The largest absolute Gasteiger partial charge is 0.308 e. The van der Waals surface area contributed by atoms with Gasteiger partial charge in [-0.25, -0.2) is 9.07 Å². The number of halogens is 2. The molecule has 1 aromatic carbocycles. The molecule has 1 aliphatic carbocycles. The number of nitrogens with zero attached hydrogens (tertiary/aromatic N) is 2. The van der Waals surface area contributed by atoms with Gasteiger partial charge in [-0.15, -0.1) is 0 Å². The van der Waals surface area contributed by atoms with Gasteiger partial charge in [-0.1, -0.05) is 11.6 Å². The lowest BCUT2D eigenvalue weighted by atomic mass is 10.3. The first kappa shape index (κ1) is 11.7. The van der Waals surface area contributed by atoms with E-state index in [0.717, 1.165) is 12.2 Å². The molecule has 1 heterocycles. The van der Waals surface area contributed by atoms with Crippen molar-refractivity contribution in [1.82, 2.24) is 15.1 Å². The van der Waals surface area contributed by atoms with Crippen LogP contribution in [0.15, 0.2) is 30.5 Å². The predicted molar refractivity (Wildman–Crippen MR) is 68.4 cm³/mol. The monoisotopic (exact) mass is 265 g/mol. The minimum absolute atomic E-state index is 0.368. The van der Waals surface area contributed by atoms with Gasteiger partial charge in [0.25, 0.3) is 0 Å². The molecule has 0 unspecified atom stereocenters. The van der Waals surface area contributed by atoms with Gasteiger partial charge in [-0.2, -0.15) is 5.10 Å². The minimum atomic E-state index is -0.368. The number of hydrogen-bond acceptors (Lipinski definition) is 2. The van der Waals surface area contributed by atoms with Gasteiger partial charge in [0.1, 0.15) is 11.5 Å². The molecule has 1 aromatic heterocycles. The lowest BCUT2D eigenvalue weighted by Crippen LogP contribution is -2.15. The van der Waals surface area contributed by atoms with Crippen LogP contribution in [0.4, 0.5) is 4.39 Å². The maximum Gasteiger partial charge on any atom is 0.150 e. The molecular formula is C13H13ClFN3. The molecule has 5 heteroatoms. The van der Waals surface area contributed by atoms with E-state index in [1.54, 1.807) is 18.3 Å². The summed E-state index contributed by atoms with van der Waals surface area (Å²) in [5.41, 5.74) is 1.33. The first-order chi connectivity index (χ1) is 8.72. The van der Waals surface area contributed by atoms with Gasteiger partial charge in [0.2, 0.25) is 0 Å². The Kier molecular flexibility index (Phi) is 3.06. The number of hydrogen-bond donors (Lipinski definition) is 1. The Hall–Kier alpha value is -1.39. The summed E-state index contributed by atoms with van der Waals surface area (Å²) in [6.45, 7) is 0.729.